The SMILES string of the molecule is CCc1onc2c1N(CCN(CC)CC)C(=O)C=NC2c1ccccc1. The van der Waals surface area contributed by atoms with Crippen molar-refractivity contribution in [1.29, 1.82) is 0 Å². The van der Waals surface area contributed by atoms with Gasteiger partial charge in [0.1, 0.15) is 17.4 Å². The lowest BCUT2D eigenvalue weighted by Gasteiger charge is -2.25. The summed E-state index contributed by atoms with van der Waals surface area (Å²) in [5, 5.41) is 4.30. The van der Waals surface area contributed by atoms with Gasteiger partial charge in [0.05, 0.1) is 6.21 Å². The Balaban J connectivity index is 2.00. The van der Waals surface area contributed by atoms with E-state index < -0.39 is 0 Å². The number of aryl methyl sites for hydroxylation is 1. The number of hydrogen-bond acceptors (Lipinski definition) is 5. The number of anilines is 1. The average molecular weight is 354 g/mol. The topological polar surface area (TPSA) is 61.9 Å². The van der Waals surface area contributed by atoms with Gasteiger partial charge in [-0.15, -0.1) is 0 Å². The first kappa shape index (κ1) is 18.3. The van der Waals surface area contributed by atoms with Gasteiger partial charge >= 0.3 is 0 Å². The lowest BCUT2D eigenvalue weighted by molar-refractivity contribution is -0.112. The molecule has 1 unspecified atom stereocenters. The molecule has 1 atom stereocenters. The van der Waals surface area contributed by atoms with Crippen LogP contribution in [0.4, 0.5) is 5.69 Å². The Bertz CT molecular complexity index is 765. The van der Waals surface area contributed by atoms with E-state index in [2.05, 4.69) is 28.9 Å². The summed E-state index contributed by atoms with van der Waals surface area (Å²) in [6.45, 7) is 9.57. The van der Waals surface area contributed by atoms with Crippen LogP contribution < -0.4 is 4.90 Å². The molecule has 1 aliphatic rings. The molecule has 26 heavy (non-hydrogen) atoms. The van der Waals surface area contributed by atoms with Crippen LogP contribution in [0, 0.1) is 0 Å². The third-order valence-corrected chi connectivity index (χ3v) is 4.86. The van der Waals surface area contributed by atoms with E-state index in [-0.39, 0.29) is 11.9 Å². The molecule has 0 spiro atoms. The molecule has 2 aromatic rings. The van der Waals surface area contributed by atoms with Crippen molar-refractivity contribution in [2.24, 2.45) is 4.99 Å². The zero-order valence-corrected chi connectivity index (χ0v) is 15.7. The highest BCUT2D eigenvalue weighted by Crippen LogP contribution is 2.37. The minimum atomic E-state index is -0.322. The third kappa shape index (κ3) is 3.55. The molecule has 3 rings (SSSR count). The van der Waals surface area contributed by atoms with Crippen molar-refractivity contribution in [2.45, 2.75) is 33.2 Å². The number of amides is 1. The van der Waals surface area contributed by atoms with Crippen LogP contribution in [-0.2, 0) is 11.2 Å². The van der Waals surface area contributed by atoms with Crippen LogP contribution in [0.15, 0.2) is 39.8 Å². The molecular formula is C20H26N4O2. The predicted octanol–water partition coefficient (Wildman–Crippen LogP) is 3.09. The van der Waals surface area contributed by atoms with E-state index in [9.17, 15) is 4.79 Å². The Labute approximate surface area is 154 Å². The highest BCUT2D eigenvalue weighted by atomic mass is 16.5. The molecule has 0 fully saturated rings. The second-order valence-electron chi connectivity index (χ2n) is 6.30. The normalized spacial score (nSPS) is 16.8. The molecule has 0 bridgehead atoms. The van der Waals surface area contributed by atoms with Gasteiger partial charge in [-0.05, 0) is 18.7 Å². The van der Waals surface area contributed by atoms with Crippen LogP contribution in [0.3, 0.4) is 0 Å². The minimum absolute atomic E-state index is 0.116. The second-order valence-corrected chi connectivity index (χ2v) is 6.30. The van der Waals surface area contributed by atoms with Gasteiger partial charge in [-0.3, -0.25) is 9.79 Å². The smallest absolute Gasteiger partial charge is 0.269 e. The maximum Gasteiger partial charge on any atom is 0.269 e. The summed E-state index contributed by atoms with van der Waals surface area (Å²) in [5.74, 6) is 0.620. The maximum atomic E-state index is 12.8. The number of benzene rings is 1. The molecule has 0 saturated carbocycles. The minimum Gasteiger partial charge on any atom is -0.359 e. The Morgan fingerprint density at radius 1 is 1.15 bits per heavy atom. The van der Waals surface area contributed by atoms with Crippen LogP contribution in [0.2, 0.25) is 0 Å². The standard InChI is InChI=1S/C20H26N4O2/c1-4-16-20-19(22-26-16)18(15-10-8-7-9-11-15)21-14-17(25)24(20)13-12-23(5-2)6-3/h7-11,14,18H,4-6,12-13H2,1-3H3. The van der Waals surface area contributed by atoms with E-state index in [0.717, 1.165) is 42.3 Å². The molecule has 138 valence electrons. The number of carbonyl (C=O) groups is 1. The summed E-state index contributed by atoms with van der Waals surface area (Å²) in [6.07, 6.45) is 2.11. The molecule has 1 aromatic carbocycles. The first-order valence-electron chi connectivity index (χ1n) is 9.29. The molecule has 1 aromatic heterocycles. The summed E-state index contributed by atoms with van der Waals surface area (Å²) in [4.78, 5) is 21.4. The van der Waals surface area contributed by atoms with Crippen molar-refractivity contribution >= 4 is 17.8 Å². The van der Waals surface area contributed by atoms with Gasteiger partial charge in [0.15, 0.2) is 5.76 Å². The van der Waals surface area contributed by atoms with Gasteiger partial charge < -0.3 is 14.3 Å². The summed E-state index contributed by atoms with van der Waals surface area (Å²) < 4.78 is 5.58. The van der Waals surface area contributed by atoms with Crippen LogP contribution in [0.25, 0.3) is 0 Å². The van der Waals surface area contributed by atoms with Crippen LogP contribution in [-0.4, -0.2) is 48.4 Å². The Kier molecular flexibility index (Phi) is 5.83. The average Bonchev–Trinajstić information content (AvgIpc) is 3.04. The second kappa shape index (κ2) is 8.27. The van der Waals surface area contributed by atoms with E-state index in [4.69, 9.17) is 4.52 Å². The summed E-state index contributed by atoms with van der Waals surface area (Å²) in [7, 11) is 0. The van der Waals surface area contributed by atoms with Crippen molar-refractivity contribution < 1.29 is 9.32 Å². The Morgan fingerprint density at radius 2 is 1.88 bits per heavy atom. The maximum absolute atomic E-state index is 12.8. The molecule has 6 nitrogen and oxygen atoms in total. The van der Waals surface area contributed by atoms with Crippen LogP contribution in [0.1, 0.15) is 43.8 Å². The quantitative estimate of drug-likeness (QED) is 0.766. The highest BCUT2D eigenvalue weighted by molar-refractivity contribution is 6.33. The number of aliphatic imine (C=N–C) groups is 1. The Morgan fingerprint density at radius 3 is 2.54 bits per heavy atom. The number of nitrogens with zero attached hydrogens (tertiary/aromatic N) is 4. The van der Waals surface area contributed by atoms with E-state index in [0.29, 0.717) is 13.0 Å². The summed E-state index contributed by atoms with van der Waals surface area (Å²) >= 11 is 0. The van der Waals surface area contributed by atoms with Crippen molar-refractivity contribution in [3.8, 4) is 0 Å². The van der Waals surface area contributed by atoms with E-state index in [1.54, 1.807) is 4.90 Å². The number of fused-ring (bicyclic) bond motifs is 1. The monoisotopic (exact) mass is 354 g/mol. The third-order valence-electron chi connectivity index (χ3n) is 4.86. The largest absolute Gasteiger partial charge is 0.359 e. The summed E-state index contributed by atoms with van der Waals surface area (Å²) in [5.41, 5.74) is 2.50. The molecule has 0 aliphatic carbocycles. The molecule has 0 radical (unpaired) electrons. The zero-order valence-electron chi connectivity index (χ0n) is 15.7. The molecular weight excluding hydrogens is 328 g/mol. The van der Waals surface area contributed by atoms with Gasteiger partial charge in [0.2, 0.25) is 0 Å². The van der Waals surface area contributed by atoms with Crippen molar-refractivity contribution in [3.63, 3.8) is 0 Å². The Hall–Kier alpha value is -2.47. The van der Waals surface area contributed by atoms with E-state index >= 15 is 0 Å². The van der Waals surface area contributed by atoms with Gasteiger partial charge in [0.25, 0.3) is 5.91 Å². The lowest BCUT2D eigenvalue weighted by Crippen LogP contribution is -2.39. The predicted molar refractivity (Wildman–Crippen MR) is 103 cm³/mol. The highest BCUT2D eigenvalue weighted by Gasteiger charge is 2.32. The number of hydrogen-bond donors (Lipinski definition) is 0. The first-order valence-corrected chi connectivity index (χ1v) is 9.29. The fourth-order valence-corrected chi connectivity index (χ4v) is 3.31. The van der Waals surface area contributed by atoms with Gasteiger partial charge in [-0.1, -0.05) is 56.3 Å². The van der Waals surface area contributed by atoms with Crippen molar-refractivity contribution in [2.75, 3.05) is 31.1 Å². The molecule has 1 amide bonds. The van der Waals surface area contributed by atoms with Crippen LogP contribution in [0.5, 0.6) is 0 Å². The van der Waals surface area contributed by atoms with Gasteiger partial charge in [-0.25, -0.2) is 0 Å². The van der Waals surface area contributed by atoms with E-state index in [1.807, 2.05) is 37.3 Å². The fourth-order valence-electron chi connectivity index (χ4n) is 3.31. The molecule has 1 aliphatic heterocycles. The number of rotatable bonds is 7. The lowest BCUT2D eigenvalue weighted by atomic mass is 10.0. The molecule has 0 N–H and O–H groups in total. The fraction of sp³-hybridized carbons (Fsp3) is 0.450. The zero-order chi connectivity index (χ0) is 18.5. The molecule has 2 heterocycles. The van der Waals surface area contributed by atoms with Crippen LogP contribution >= 0.6 is 0 Å². The van der Waals surface area contributed by atoms with Gasteiger partial charge in [-0.2, -0.15) is 0 Å². The van der Waals surface area contributed by atoms with Gasteiger partial charge in [0, 0.05) is 19.5 Å². The number of carbonyl (C=O) groups excluding carboxylic acids is 1. The molecule has 0 saturated heterocycles. The number of likely N-dealkylation sites (N-methyl/N-ethyl adjacent to an activating group) is 1. The number of aromatic nitrogens is 1. The summed E-state index contributed by atoms with van der Waals surface area (Å²) in [6, 6.07) is 9.58. The van der Waals surface area contributed by atoms with Crippen molar-refractivity contribution in [1.82, 2.24) is 10.1 Å². The van der Waals surface area contributed by atoms with Crippen molar-refractivity contribution in [3.05, 3.63) is 47.3 Å². The molecule has 6 heteroatoms. The first-order chi connectivity index (χ1) is 12.7. The van der Waals surface area contributed by atoms with E-state index in [1.165, 1.54) is 6.21 Å².